The van der Waals surface area contributed by atoms with Crippen LogP contribution in [0.25, 0.3) is 0 Å². The van der Waals surface area contributed by atoms with Crippen molar-refractivity contribution < 1.29 is 8.42 Å². The minimum atomic E-state index is -2.55. The van der Waals surface area contributed by atoms with Crippen LogP contribution in [-0.2, 0) is 9.84 Å². The maximum Gasteiger partial charge on any atom is 0.150 e. The number of hydrogen-bond donors (Lipinski definition) is 0. The van der Waals surface area contributed by atoms with Crippen LogP contribution < -0.4 is 0 Å². The molecule has 0 bridgehead atoms. The van der Waals surface area contributed by atoms with Gasteiger partial charge in [0.15, 0.2) is 0 Å². The van der Waals surface area contributed by atoms with E-state index in [9.17, 15) is 8.42 Å². The lowest BCUT2D eigenvalue weighted by atomic mass is 10.4. The molecule has 1 aromatic rings. The summed E-state index contributed by atoms with van der Waals surface area (Å²) in [7, 11) is -2.55. The number of hydrogen-bond acceptors (Lipinski definition) is 3. The van der Waals surface area contributed by atoms with Crippen LogP contribution in [0.2, 0.25) is 0 Å². The average molecular weight is 199 g/mol. The second kappa shape index (κ2) is 4.97. The smallest absolute Gasteiger partial charge is 0.150 e. The van der Waals surface area contributed by atoms with Crippen LogP contribution in [0.5, 0.6) is 0 Å². The predicted octanol–water partition coefficient (Wildman–Crippen LogP) is 1.28. The molecule has 1 saturated heterocycles. The van der Waals surface area contributed by atoms with Crippen molar-refractivity contribution in [2.45, 2.75) is 12.8 Å². The second-order valence-electron chi connectivity index (χ2n) is 2.88. The van der Waals surface area contributed by atoms with Crippen molar-refractivity contribution in [1.29, 1.82) is 0 Å². The Bertz CT molecular complexity index is 282. The van der Waals surface area contributed by atoms with Gasteiger partial charge in [0.25, 0.3) is 0 Å². The summed E-state index contributed by atoms with van der Waals surface area (Å²) < 4.78 is 20.9. The zero-order valence-corrected chi connectivity index (χ0v) is 8.20. The van der Waals surface area contributed by atoms with E-state index in [0.717, 1.165) is 12.8 Å². The maximum atomic E-state index is 10.4. The van der Waals surface area contributed by atoms with Gasteiger partial charge in [0.2, 0.25) is 0 Å². The summed E-state index contributed by atoms with van der Waals surface area (Å²) in [5, 5.41) is 0. The van der Waals surface area contributed by atoms with Gasteiger partial charge in [-0.1, -0.05) is 6.07 Å². The first kappa shape index (κ1) is 10.2. The Morgan fingerprint density at radius 3 is 1.62 bits per heavy atom. The lowest BCUT2D eigenvalue weighted by Crippen LogP contribution is -1.98. The van der Waals surface area contributed by atoms with Crippen molar-refractivity contribution >= 4 is 9.84 Å². The van der Waals surface area contributed by atoms with Crippen LogP contribution in [0.4, 0.5) is 0 Å². The van der Waals surface area contributed by atoms with Crippen LogP contribution >= 0.6 is 0 Å². The summed E-state index contributed by atoms with van der Waals surface area (Å²) in [6.07, 6.45) is 5.25. The van der Waals surface area contributed by atoms with Gasteiger partial charge in [0.1, 0.15) is 9.84 Å². The number of rotatable bonds is 0. The van der Waals surface area contributed by atoms with E-state index in [1.807, 2.05) is 18.2 Å². The molecule has 2 heterocycles. The molecule has 0 atom stereocenters. The van der Waals surface area contributed by atoms with Crippen molar-refractivity contribution in [3.8, 4) is 0 Å². The zero-order valence-electron chi connectivity index (χ0n) is 7.39. The lowest BCUT2D eigenvalue weighted by Gasteiger charge is -1.81. The van der Waals surface area contributed by atoms with Crippen molar-refractivity contribution in [2.75, 3.05) is 11.5 Å². The van der Waals surface area contributed by atoms with E-state index >= 15 is 0 Å². The number of aromatic nitrogens is 1. The third-order valence-corrected chi connectivity index (χ3v) is 3.55. The van der Waals surface area contributed by atoms with Crippen LogP contribution in [0.1, 0.15) is 12.8 Å². The fourth-order valence-electron chi connectivity index (χ4n) is 1.06. The zero-order chi connectivity index (χ0) is 9.57. The van der Waals surface area contributed by atoms with Crippen LogP contribution in [0.15, 0.2) is 30.6 Å². The highest BCUT2D eigenvalue weighted by molar-refractivity contribution is 7.91. The molecule has 2 rings (SSSR count). The number of sulfone groups is 1. The van der Waals surface area contributed by atoms with E-state index in [0.29, 0.717) is 11.5 Å². The Hall–Kier alpha value is -0.900. The summed E-state index contributed by atoms with van der Waals surface area (Å²) in [5.74, 6) is 0.847. The minimum absolute atomic E-state index is 0.424. The normalized spacial score (nSPS) is 18.8. The Morgan fingerprint density at radius 1 is 0.923 bits per heavy atom. The highest BCUT2D eigenvalue weighted by Crippen LogP contribution is 2.08. The van der Waals surface area contributed by atoms with Gasteiger partial charge in [-0.3, -0.25) is 4.98 Å². The molecule has 13 heavy (non-hydrogen) atoms. The number of pyridine rings is 1. The fourth-order valence-corrected chi connectivity index (χ4v) is 2.55. The largest absolute Gasteiger partial charge is 0.265 e. The molecule has 3 nitrogen and oxygen atoms in total. The summed E-state index contributed by atoms with van der Waals surface area (Å²) in [6, 6.07) is 5.72. The first-order valence-corrected chi connectivity index (χ1v) is 6.08. The van der Waals surface area contributed by atoms with Crippen molar-refractivity contribution in [3.05, 3.63) is 30.6 Å². The van der Waals surface area contributed by atoms with Crippen molar-refractivity contribution in [1.82, 2.24) is 4.98 Å². The molecule has 1 fully saturated rings. The molecule has 1 aromatic heterocycles. The van der Waals surface area contributed by atoms with Gasteiger partial charge in [-0.25, -0.2) is 8.42 Å². The van der Waals surface area contributed by atoms with Gasteiger partial charge in [-0.2, -0.15) is 0 Å². The molecule has 0 aliphatic carbocycles. The van der Waals surface area contributed by atoms with Gasteiger partial charge in [0, 0.05) is 12.4 Å². The third-order valence-electron chi connectivity index (χ3n) is 1.73. The Morgan fingerprint density at radius 2 is 1.46 bits per heavy atom. The van der Waals surface area contributed by atoms with E-state index in [1.54, 1.807) is 12.4 Å². The Balaban J connectivity index is 0.000000132. The van der Waals surface area contributed by atoms with Crippen LogP contribution in [-0.4, -0.2) is 24.9 Å². The molecular formula is C9H13NO2S. The highest BCUT2D eigenvalue weighted by Gasteiger charge is 2.16. The molecule has 0 spiro atoms. The van der Waals surface area contributed by atoms with Crippen molar-refractivity contribution in [2.24, 2.45) is 0 Å². The van der Waals surface area contributed by atoms with Gasteiger partial charge in [-0.15, -0.1) is 0 Å². The molecule has 1 aliphatic heterocycles. The molecule has 0 radical (unpaired) electrons. The molecular weight excluding hydrogens is 186 g/mol. The SMILES string of the molecule is O=S1(=O)CCCC1.c1ccncc1. The Labute approximate surface area is 78.7 Å². The minimum Gasteiger partial charge on any atom is -0.265 e. The second-order valence-corrected chi connectivity index (χ2v) is 5.19. The Kier molecular flexibility index (Phi) is 3.89. The van der Waals surface area contributed by atoms with E-state index in [1.165, 1.54) is 0 Å². The van der Waals surface area contributed by atoms with Crippen LogP contribution in [0.3, 0.4) is 0 Å². The van der Waals surface area contributed by atoms with E-state index < -0.39 is 9.84 Å². The standard InChI is InChI=1S/C5H5N.C4H8O2S/c1-2-4-6-5-3-1;5-7(6)3-1-2-4-7/h1-5H;1-4H2. The first-order valence-electron chi connectivity index (χ1n) is 4.26. The van der Waals surface area contributed by atoms with Gasteiger partial charge < -0.3 is 0 Å². The predicted molar refractivity (Wildman–Crippen MR) is 52.1 cm³/mol. The molecule has 0 saturated carbocycles. The summed E-state index contributed by atoms with van der Waals surface area (Å²) in [4.78, 5) is 3.78. The van der Waals surface area contributed by atoms with Gasteiger partial charge in [-0.05, 0) is 25.0 Å². The fraction of sp³-hybridized carbons (Fsp3) is 0.444. The summed E-state index contributed by atoms with van der Waals surface area (Å²) >= 11 is 0. The van der Waals surface area contributed by atoms with Crippen molar-refractivity contribution in [3.63, 3.8) is 0 Å². The maximum absolute atomic E-state index is 10.4. The highest BCUT2D eigenvalue weighted by atomic mass is 32.2. The quantitative estimate of drug-likeness (QED) is 0.632. The lowest BCUT2D eigenvalue weighted by molar-refractivity contribution is 0.602. The molecule has 0 N–H and O–H groups in total. The molecule has 0 amide bonds. The molecule has 0 aromatic carbocycles. The monoisotopic (exact) mass is 199 g/mol. The van der Waals surface area contributed by atoms with Crippen LogP contribution in [0, 0.1) is 0 Å². The van der Waals surface area contributed by atoms with E-state index in [4.69, 9.17) is 0 Å². The number of nitrogens with zero attached hydrogens (tertiary/aromatic N) is 1. The van der Waals surface area contributed by atoms with E-state index in [2.05, 4.69) is 4.98 Å². The molecule has 1 aliphatic rings. The summed E-state index contributed by atoms with van der Waals surface area (Å²) in [6.45, 7) is 0. The average Bonchev–Trinajstić information content (AvgIpc) is 2.54. The topological polar surface area (TPSA) is 47.0 Å². The molecule has 4 heteroatoms. The van der Waals surface area contributed by atoms with E-state index in [-0.39, 0.29) is 0 Å². The summed E-state index contributed by atoms with van der Waals surface area (Å²) in [5.41, 5.74) is 0. The molecule has 72 valence electrons. The first-order chi connectivity index (χ1) is 6.21. The molecule has 0 unspecified atom stereocenters. The van der Waals surface area contributed by atoms with Gasteiger partial charge in [0.05, 0.1) is 11.5 Å². The van der Waals surface area contributed by atoms with Gasteiger partial charge >= 0.3 is 0 Å². The third kappa shape index (κ3) is 4.62.